The number of hydrogen-bond acceptors (Lipinski definition) is 7. The molecular weight excluding hydrogens is 373 g/mol. The van der Waals surface area contributed by atoms with Crippen LogP contribution in [0.1, 0.15) is 0 Å². The number of hydrogen-bond donors (Lipinski definition) is 0. The Morgan fingerprint density at radius 2 is 1.56 bits per heavy atom. The van der Waals surface area contributed by atoms with Gasteiger partial charge in [-0.05, 0) is 6.07 Å². The third kappa shape index (κ3) is 6.95. The van der Waals surface area contributed by atoms with Crippen LogP contribution in [0.5, 0.6) is 5.75 Å². The number of pyridine rings is 2. The lowest BCUT2D eigenvalue weighted by Gasteiger charge is -2.08. The fourth-order valence-electron chi connectivity index (χ4n) is 1.30. The summed E-state index contributed by atoms with van der Waals surface area (Å²) < 4.78 is 39.5. The predicted molar refractivity (Wildman–Crippen MR) is 78.3 cm³/mol. The first-order valence-corrected chi connectivity index (χ1v) is 6.51. The zero-order chi connectivity index (χ0) is 19.0. The van der Waals surface area contributed by atoms with E-state index in [9.17, 15) is 33.4 Å². The first-order chi connectivity index (χ1) is 11.6. The molecule has 0 amide bonds. The lowest BCUT2D eigenvalue weighted by atomic mass is 10.4. The smallest absolute Gasteiger partial charge is 0.422 e. The van der Waals surface area contributed by atoms with Gasteiger partial charge < -0.3 is 4.74 Å². The Kier molecular flexibility index (Phi) is 6.99. The maximum absolute atomic E-state index is 11.8. The Hall–Kier alpha value is -3.02. The summed E-state index contributed by atoms with van der Waals surface area (Å²) in [4.78, 5) is 26.0. The summed E-state index contributed by atoms with van der Waals surface area (Å²) in [5.74, 6) is -0.452. The van der Waals surface area contributed by atoms with Crippen molar-refractivity contribution in [3.05, 3.63) is 62.2 Å². The zero-order valence-corrected chi connectivity index (χ0v) is 12.8. The molecule has 0 atom stereocenters. The van der Waals surface area contributed by atoms with Gasteiger partial charge in [-0.25, -0.2) is 0 Å². The van der Waals surface area contributed by atoms with Gasteiger partial charge in [-0.2, -0.15) is 13.2 Å². The van der Waals surface area contributed by atoms with Crippen LogP contribution in [-0.2, 0) is 0 Å². The van der Waals surface area contributed by atoms with E-state index in [4.69, 9.17) is 11.6 Å². The van der Waals surface area contributed by atoms with E-state index in [1.807, 2.05) is 0 Å². The van der Waals surface area contributed by atoms with Crippen LogP contribution in [0.15, 0.2) is 36.9 Å². The van der Waals surface area contributed by atoms with E-state index < -0.39 is 34.1 Å². The maximum Gasteiger partial charge on any atom is 0.422 e. The first-order valence-electron chi connectivity index (χ1n) is 6.13. The number of rotatable bonds is 4. The molecule has 134 valence electrons. The van der Waals surface area contributed by atoms with Crippen LogP contribution in [0.2, 0.25) is 5.02 Å². The molecule has 2 aromatic heterocycles. The van der Waals surface area contributed by atoms with E-state index in [1.54, 1.807) is 0 Å². The van der Waals surface area contributed by atoms with Gasteiger partial charge in [-0.15, -0.1) is 0 Å². The van der Waals surface area contributed by atoms with Crippen LogP contribution < -0.4 is 4.74 Å². The molecule has 9 nitrogen and oxygen atoms in total. The molecule has 0 unspecified atom stereocenters. The summed E-state index contributed by atoms with van der Waals surface area (Å²) in [6.07, 6.45) is -0.0841. The summed E-state index contributed by atoms with van der Waals surface area (Å²) >= 11 is 5.44. The molecule has 0 fully saturated rings. The van der Waals surface area contributed by atoms with E-state index >= 15 is 0 Å². The third-order valence-electron chi connectivity index (χ3n) is 2.29. The normalized spacial score (nSPS) is 10.4. The molecule has 0 bridgehead atoms. The van der Waals surface area contributed by atoms with Crippen LogP contribution in [0.25, 0.3) is 0 Å². The van der Waals surface area contributed by atoms with Crippen LogP contribution in [0.4, 0.5) is 24.5 Å². The molecule has 0 aliphatic heterocycles. The molecule has 0 aliphatic rings. The lowest BCUT2D eigenvalue weighted by Crippen LogP contribution is -2.19. The largest absolute Gasteiger partial charge is 0.477 e. The summed E-state index contributed by atoms with van der Waals surface area (Å²) in [6.45, 7) is -1.57. The van der Waals surface area contributed by atoms with Crippen LogP contribution in [0, 0.1) is 20.2 Å². The third-order valence-corrected chi connectivity index (χ3v) is 2.61. The Balaban J connectivity index is 0.000000271. The Morgan fingerprint density at radius 3 is 2.00 bits per heavy atom. The van der Waals surface area contributed by atoms with Gasteiger partial charge in [-0.1, -0.05) is 11.6 Å². The van der Waals surface area contributed by atoms with Gasteiger partial charge in [0.2, 0.25) is 5.75 Å². The molecule has 25 heavy (non-hydrogen) atoms. The molecule has 0 saturated heterocycles. The number of nitro groups is 2. The highest BCUT2D eigenvalue weighted by Crippen LogP contribution is 2.26. The van der Waals surface area contributed by atoms with E-state index in [0.29, 0.717) is 0 Å². The average Bonchev–Trinajstić information content (AvgIpc) is 2.53. The molecule has 2 aromatic rings. The molecule has 13 heteroatoms. The molecular formula is C12H8ClF3N4O5. The van der Waals surface area contributed by atoms with Crippen molar-refractivity contribution in [2.24, 2.45) is 0 Å². The number of alkyl halides is 3. The van der Waals surface area contributed by atoms with Crippen molar-refractivity contribution in [1.29, 1.82) is 0 Å². The summed E-state index contributed by atoms with van der Waals surface area (Å²) in [5.41, 5.74) is -0.758. The van der Waals surface area contributed by atoms with Crippen molar-refractivity contribution in [3.63, 3.8) is 0 Å². The Labute approximate surface area is 142 Å². The minimum atomic E-state index is -4.53. The van der Waals surface area contributed by atoms with Gasteiger partial charge in [0, 0.05) is 18.5 Å². The molecule has 0 radical (unpaired) electrons. The molecule has 2 rings (SSSR count). The Morgan fingerprint density at radius 1 is 1.04 bits per heavy atom. The van der Waals surface area contributed by atoms with Crippen LogP contribution >= 0.6 is 11.6 Å². The summed E-state index contributed by atoms with van der Waals surface area (Å²) in [5, 5.41) is 20.6. The van der Waals surface area contributed by atoms with Crippen molar-refractivity contribution in [2.75, 3.05) is 6.61 Å². The second-order valence-corrected chi connectivity index (χ2v) is 4.50. The van der Waals surface area contributed by atoms with Crippen molar-refractivity contribution in [1.82, 2.24) is 9.97 Å². The topological polar surface area (TPSA) is 121 Å². The maximum atomic E-state index is 11.8. The summed E-state index contributed by atoms with van der Waals surface area (Å²) in [6, 6.07) is 2.38. The van der Waals surface area contributed by atoms with Gasteiger partial charge in [0.1, 0.15) is 17.4 Å². The number of ether oxygens (including phenoxy) is 1. The van der Waals surface area contributed by atoms with E-state index in [0.717, 1.165) is 24.7 Å². The SMILES string of the molecule is O=[N+]([O-])c1cnccc1Cl.O=[N+]([O-])c1cnccc1OCC(F)(F)F. The number of nitrogens with zero attached hydrogens (tertiary/aromatic N) is 4. The monoisotopic (exact) mass is 380 g/mol. The minimum Gasteiger partial charge on any atom is -0.477 e. The quantitative estimate of drug-likeness (QED) is 0.587. The standard InChI is InChI=1S/C7H5F3N2O3.C5H3ClN2O2/c8-7(9,10)4-15-6-1-2-11-3-5(6)12(13)14;6-4-1-2-7-3-5(4)8(9)10/h1-3H,4H2;1-3H. The second kappa shape index (κ2) is 8.73. The van der Waals surface area contributed by atoms with E-state index in [2.05, 4.69) is 14.7 Å². The molecule has 2 heterocycles. The van der Waals surface area contributed by atoms with Crippen molar-refractivity contribution < 1.29 is 27.8 Å². The van der Waals surface area contributed by atoms with Crippen molar-refractivity contribution in [3.8, 4) is 5.75 Å². The van der Waals surface area contributed by atoms with Crippen molar-refractivity contribution in [2.45, 2.75) is 6.18 Å². The fourth-order valence-corrected chi connectivity index (χ4v) is 1.47. The number of aromatic nitrogens is 2. The molecule has 0 N–H and O–H groups in total. The lowest BCUT2D eigenvalue weighted by molar-refractivity contribution is -0.386. The molecule has 0 aromatic carbocycles. The second-order valence-electron chi connectivity index (χ2n) is 4.09. The summed E-state index contributed by atoms with van der Waals surface area (Å²) in [7, 11) is 0. The van der Waals surface area contributed by atoms with Crippen LogP contribution in [0.3, 0.4) is 0 Å². The van der Waals surface area contributed by atoms with Crippen molar-refractivity contribution >= 4 is 23.0 Å². The van der Waals surface area contributed by atoms with Gasteiger partial charge in [0.05, 0.1) is 9.85 Å². The number of halogens is 4. The molecule has 0 aliphatic carbocycles. The van der Waals surface area contributed by atoms with E-state index in [-0.39, 0.29) is 10.7 Å². The van der Waals surface area contributed by atoms with Gasteiger partial charge in [0.25, 0.3) is 0 Å². The minimum absolute atomic E-state index is 0.111. The first kappa shape index (κ1) is 20.0. The molecule has 0 spiro atoms. The van der Waals surface area contributed by atoms with Gasteiger partial charge in [0.15, 0.2) is 6.61 Å². The fraction of sp³-hybridized carbons (Fsp3) is 0.167. The Bertz CT molecular complexity index is 760. The van der Waals surface area contributed by atoms with Crippen LogP contribution in [-0.4, -0.2) is 32.6 Å². The predicted octanol–water partition coefficient (Wildman–Crippen LogP) is 3.57. The van der Waals surface area contributed by atoms with E-state index in [1.165, 1.54) is 12.3 Å². The highest BCUT2D eigenvalue weighted by atomic mass is 35.5. The van der Waals surface area contributed by atoms with Gasteiger partial charge >= 0.3 is 17.6 Å². The van der Waals surface area contributed by atoms with Gasteiger partial charge in [-0.3, -0.25) is 30.2 Å². The zero-order valence-electron chi connectivity index (χ0n) is 12.0. The molecule has 0 saturated carbocycles. The highest BCUT2D eigenvalue weighted by molar-refractivity contribution is 6.32. The average molecular weight is 381 g/mol. The highest BCUT2D eigenvalue weighted by Gasteiger charge is 2.29.